The van der Waals surface area contributed by atoms with Gasteiger partial charge in [0.15, 0.2) is 6.23 Å². The van der Waals surface area contributed by atoms with E-state index in [1.165, 1.54) is 12.1 Å². The van der Waals surface area contributed by atoms with E-state index in [9.17, 15) is 9.50 Å². The van der Waals surface area contributed by atoms with E-state index in [1.807, 2.05) is 6.92 Å². The molecule has 0 saturated heterocycles. The van der Waals surface area contributed by atoms with E-state index in [4.69, 9.17) is 0 Å². The van der Waals surface area contributed by atoms with Gasteiger partial charge in [-0.1, -0.05) is 12.1 Å². The molecule has 0 bridgehead atoms. The third kappa shape index (κ3) is 2.57. The number of hydrogen-bond acceptors (Lipinski definition) is 4. The molecule has 0 saturated carbocycles. The first-order valence-corrected chi connectivity index (χ1v) is 6.63. The number of aliphatic hydroxyl groups excluding tert-OH is 1. The summed E-state index contributed by atoms with van der Waals surface area (Å²) >= 11 is 0. The zero-order chi connectivity index (χ0) is 14.8. The molecular formula is C15H15FN4O. The van der Waals surface area contributed by atoms with Crippen molar-refractivity contribution in [3.8, 4) is 0 Å². The van der Waals surface area contributed by atoms with Crippen molar-refractivity contribution in [1.29, 1.82) is 0 Å². The fourth-order valence-electron chi connectivity index (χ4n) is 2.33. The molecule has 6 heteroatoms. The Morgan fingerprint density at radius 1 is 1.29 bits per heavy atom. The maximum Gasteiger partial charge on any atom is 0.229 e. The van der Waals surface area contributed by atoms with Gasteiger partial charge in [0.2, 0.25) is 5.96 Å². The Morgan fingerprint density at radius 3 is 2.71 bits per heavy atom. The van der Waals surface area contributed by atoms with Crippen LogP contribution in [0.4, 0.5) is 4.39 Å². The van der Waals surface area contributed by atoms with Crippen LogP contribution in [0.2, 0.25) is 0 Å². The van der Waals surface area contributed by atoms with E-state index < -0.39 is 6.23 Å². The van der Waals surface area contributed by atoms with Gasteiger partial charge in [-0.3, -0.25) is 0 Å². The summed E-state index contributed by atoms with van der Waals surface area (Å²) in [5.74, 6) is 0.234. The normalized spacial score (nSPS) is 19.5. The molecule has 0 radical (unpaired) electrons. The highest BCUT2D eigenvalue weighted by Gasteiger charge is 2.28. The summed E-state index contributed by atoms with van der Waals surface area (Å²) in [6.45, 7) is 1.93. The van der Waals surface area contributed by atoms with E-state index in [-0.39, 0.29) is 11.9 Å². The lowest BCUT2D eigenvalue weighted by atomic mass is 10.1. The van der Waals surface area contributed by atoms with Gasteiger partial charge in [-0.2, -0.15) is 5.10 Å². The molecule has 108 valence electrons. The average molecular weight is 286 g/mol. The molecular weight excluding hydrogens is 271 g/mol. The summed E-state index contributed by atoms with van der Waals surface area (Å²) < 4.78 is 14.6. The molecule has 21 heavy (non-hydrogen) atoms. The molecule has 3 rings (SSSR count). The first-order valence-electron chi connectivity index (χ1n) is 6.63. The van der Waals surface area contributed by atoms with E-state index in [1.54, 1.807) is 52.5 Å². The molecule has 0 spiro atoms. The molecule has 0 amide bonds. The smallest absolute Gasteiger partial charge is 0.229 e. The van der Waals surface area contributed by atoms with Crippen LogP contribution in [0.15, 0.2) is 60.0 Å². The second-order valence-corrected chi connectivity index (χ2v) is 4.77. The number of aromatic nitrogens is 2. The molecule has 1 aromatic carbocycles. The minimum atomic E-state index is -0.818. The van der Waals surface area contributed by atoms with Crippen LogP contribution < -0.4 is 0 Å². The Kier molecular flexibility index (Phi) is 3.53. The number of halogens is 1. The number of aliphatic imine (C=N–C) groups is 1. The molecule has 0 fully saturated rings. The van der Waals surface area contributed by atoms with Crippen LogP contribution in [-0.4, -0.2) is 32.0 Å². The molecule has 2 aromatic rings. The molecule has 0 aliphatic carbocycles. The van der Waals surface area contributed by atoms with Gasteiger partial charge in [-0.05, 0) is 36.8 Å². The molecule has 1 N–H and O–H groups in total. The molecule has 1 aliphatic rings. The summed E-state index contributed by atoms with van der Waals surface area (Å²) in [5.41, 5.74) is 0.880. The van der Waals surface area contributed by atoms with Gasteiger partial charge in [0.05, 0.1) is 6.04 Å². The molecule has 1 aliphatic heterocycles. The first kappa shape index (κ1) is 13.5. The summed E-state index contributed by atoms with van der Waals surface area (Å²) in [5, 5.41) is 14.4. The lowest BCUT2D eigenvalue weighted by molar-refractivity contribution is 0.0652. The molecule has 1 aromatic heterocycles. The van der Waals surface area contributed by atoms with Crippen molar-refractivity contribution in [2.24, 2.45) is 4.99 Å². The van der Waals surface area contributed by atoms with Gasteiger partial charge in [-0.25, -0.2) is 14.1 Å². The topological polar surface area (TPSA) is 53.7 Å². The summed E-state index contributed by atoms with van der Waals surface area (Å²) in [6, 6.07) is 7.81. The Labute approximate surface area is 121 Å². The highest BCUT2D eigenvalue weighted by molar-refractivity contribution is 5.83. The highest BCUT2D eigenvalue weighted by atomic mass is 19.1. The minimum absolute atomic E-state index is 0.187. The standard InChI is InChI=1S/C15H15FN4O/c1-11(12-3-5-13(16)6-4-12)20-14(21)7-9-17-15(20)19-10-2-8-18-19/h2-11,14,21H,1H3/t11-,14?/m0/s1. The second kappa shape index (κ2) is 5.49. The predicted octanol–water partition coefficient (Wildman–Crippen LogP) is 2.14. The highest BCUT2D eigenvalue weighted by Crippen LogP contribution is 2.25. The third-order valence-corrected chi connectivity index (χ3v) is 3.44. The zero-order valence-corrected chi connectivity index (χ0v) is 11.5. The Morgan fingerprint density at radius 2 is 2.05 bits per heavy atom. The maximum absolute atomic E-state index is 13.1. The zero-order valence-electron chi connectivity index (χ0n) is 11.5. The quantitative estimate of drug-likeness (QED) is 0.920. The van der Waals surface area contributed by atoms with Crippen LogP contribution in [0.1, 0.15) is 18.5 Å². The number of rotatable bonds is 2. The van der Waals surface area contributed by atoms with E-state index in [0.29, 0.717) is 5.96 Å². The van der Waals surface area contributed by atoms with Gasteiger partial charge in [0.25, 0.3) is 0 Å². The van der Waals surface area contributed by atoms with Crippen molar-refractivity contribution in [1.82, 2.24) is 14.7 Å². The van der Waals surface area contributed by atoms with Gasteiger partial charge < -0.3 is 10.0 Å². The van der Waals surface area contributed by atoms with Crippen LogP contribution >= 0.6 is 0 Å². The SMILES string of the molecule is C[C@@H](c1ccc(F)cc1)N1C(n2cccn2)=NC=CC1O. The first-order chi connectivity index (χ1) is 10.2. The Bertz CT molecular complexity index is 663. The number of aliphatic hydroxyl groups is 1. The van der Waals surface area contributed by atoms with Crippen LogP contribution in [0.5, 0.6) is 0 Å². The molecule has 2 heterocycles. The molecule has 5 nitrogen and oxygen atoms in total. The second-order valence-electron chi connectivity index (χ2n) is 4.77. The van der Waals surface area contributed by atoms with Crippen LogP contribution in [0.3, 0.4) is 0 Å². The van der Waals surface area contributed by atoms with Crippen molar-refractivity contribution in [3.05, 3.63) is 66.4 Å². The average Bonchev–Trinajstić information content (AvgIpc) is 3.01. The largest absolute Gasteiger partial charge is 0.370 e. The predicted molar refractivity (Wildman–Crippen MR) is 76.9 cm³/mol. The minimum Gasteiger partial charge on any atom is -0.370 e. The monoisotopic (exact) mass is 286 g/mol. The van der Waals surface area contributed by atoms with Crippen molar-refractivity contribution in [2.75, 3.05) is 0 Å². The van der Waals surface area contributed by atoms with Crippen molar-refractivity contribution in [3.63, 3.8) is 0 Å². The lowest BCUT2D eigenvalue weighted by Crippen LogP contribution is -2.45. The van der Waals surface area contributed by atoms with Crippen LogP contribution in [0.25, 0.3) is 0 Å². The number of nitrogens with zero attached hydrogens (tertiary/aromatic N) is 4. The lowest BCUT2D eigenvalue weighted by Gasteiger charge is -2.36. The van der Waals surface area contributed by atoms with Gasteiger partial charge in [0.1, 0.15) is 5.82 Å². The van der Waals surface area contributed by atoms with Crippen molar-refractivity contribution in [2.45, 2.75) is 19.2 Å². The van der Waals surface area contributed by atoms with Crippen molar-refractivity contribution < 1.29 is 9.50 Å². The van der Waals surface area contributed by atoms with E-state index >= 15 is 0 Å². The van der Waals surface area contributed by atoms with Gasteiger partial charge in [-0.15, -0.1) is 0 Å². The van der Waals surface area contributed by atoms with Crippen molar-refractivity contribution >= 4 is 5.96 Å². The fourth-order valence-corrected chi connectivity index (χ4v) is 2.33. The number of hydrogen-bond donors (Lipinski definition) is 1. The van der Waals surface area contributed by atoms with E-state index in [0.717, 1.165) is 5.56 Å². The molecule has 1 unspecified atom stereocenters. The van der Waals surface area contributed by atoms with Crippen LogP contribution in [0, 0.1) is 5.82 Å². The van der Waals surface area contributed by atoms with Gasteiger partial charge >= 0.3 is 0 Å². The Hall–Kier alpha value is -2.47. The summed E-state index contributed by atoms with van der Waals surface area (Å²) in [6.07, 6.45) is 5.73. The number of benzene rings is 1. The Balaban J connectivity index is 1.96. The third-order valence-electron chi connectivity index (χ3n) is 3.44. The summed E-state index contributed by atoms with van der Waals surface area (Å²) in [7, 11) is 0. The summed E-state index contributed by atoms with van der Waals surface area (Å²) in [4.78, 5) is 6.02. The van der Waals surface area contributed by atoms with Gasteiger partial charge in [0, 0.05) is 18.6 Å². The molecule has 2 atom stereocenters. The fraction of sp³-hybridized carbons (Fsp3) is 0.200. The maximum atomic E-state index is 13.1. The van der Waals surface area contributed by atoms with E-state index in [2.05, 4.69) is 10.1 Å². The van der Waals surface area contributed by atoms with Crippen LogP contribution in [-0.2, 0) is 0 Å².